The fraction of sp³-hybridized carbons (Fsp3) is 0.0556. The molecule has 0 fully saturated rings. The first-order valence-corrected chi connectivity index (χ1v) is 8.30. The first-order valence-electron chi connectivity index (χ1n) is 7.42. The Hall–Kier alpha value is -3.06. The quantitative estimate of drug-likeness (QED) is 0.740. The third kappa shape index (κ3) is 3.89. The molecule has 0 aliphatic heterocycles. The molecule has 3 rings (SSSR count). The van der Waals surface area contributed by atoms with E-state index in [9.17, 15) is 14.0 Å². The van der Waals surface area contributed by atoms with Crippen LogP contribution in [0.4, 0.5) is 15.2 Å². The zero-order valence-corrected chi connectivity index (χ0v) is 14.1. The van der Waals surface area contributed by atoms with Gasteiger partial charge < -0.3 is 5.32 Å². The Morgan fingerprint density at radius 1 is 1.08 bits per heavy atom. The summed E-state index contributed by atoms with van der Waals surface area (Å²) in [4.78, 5) is 28.3. The van der Waals surface area contributed by atoms with Gasteiger partial charge in [0.05, 0.1) is 5.69 Å². The van der Waals surface area contributed by atoms with E-state index in [1.54, 1.807) is 36.7 Å². The fourth-order valence-corrected chi connectivity index (χ4v) is 2.75. The number of benzene rings is 2. The van der Waals surface area contributed by atoms with Crippen molar-refractivity contribution in [2.24, 2.45) is 0 Å². The summed E-state index contributed by atoms with van der Waals surface area (Å²) in [6, 6.07) is 10.9. The lowest BCUT2D eigenvalue weighted by Gasteiger charge is -2.09. The number of nitrogens with zero attached hydrogens (tertiary/aromatic N) is 1. The molecule has 0 bridgehead atoms. The smallest absolute Gasteiger partial charge is 0.257 e. The van der Waals surface area contributed by atoms with Gasteiger partial charge in [-0.3, -0.25) is 14.9 Å². The highest BCUT2D eigenvalue weighted by Gasteiger charge is 2.14. The van der Waals surface area contributed by atoms with E-state index in [1.807, 2.05) is 6.07 Å². The number of nitrogens with one attached hydrogen (secondary N) is 2. The number of hydrogen-bond acceptors (Lipinski definition) is 4. The molecule has 1 aromatic heterocycles. The van der Waals surface area contributed by atoms with Gasteiger partial charge in [0.25, 0.3) is 11.8 Å². The summed E-state index contributed by atoms with van der Waals surface area (Å²) in [5.41, 5.74) is 1.41. The molecule has 3 aromatic rings. The van der Waals surface area contributed by atoms with Gasteiger partial charge in [-0.25, -0.2) is 9.37 Å². The molecule has 0 aliphatic rings. The summed E-state index contributed by atoms with van der Waals surface area (Å²) in [5.74, 6) is -1.56. The lowest BCUT2D eigenvalue weighted by molar-refractivity contribution is 0.101. The van der Waals surface area contributed by atoms with Crippen molar-refractivity contribution >= 4 is 34.0 Å². The number of aryl methyl sites for hydroxylation is 1. The van der Waals surface area contributed by atoms with E-state index in [0.29, 0.717) is 10.7 Å². The van der Waals surface area contributed by atoms with Gasteiger partial charge in [-0.2, -0.15) is 0 Å². The molecular weight excluding hydrogens is 341 g/mol. The highest BCUT2D eigenvalue weighted by Crippen LogP contribution is 2.19. The third-order valence-corrected chi connectivity index (χ3v) is 4.21. The van der Waals surface area contributed by atoms with E-state index in [1.165, 1.54) is 23.5 Å². The number of aromatic nitrogens is 1. The minimum Gasteiger partial charge on any atom is -0.319 e. The summed E-state index contributed by atoms with van der Waals surface area (Å²) >= 11 is 1.27. The fourth-order valence-electron chi connectivity index (χ4n) is 2.23. The second kappa shape index (κ2) is 7.23. The summed E-state index contributed by atoms with van der Waals surface area (Å²) < 4.78 is 14.3. The van der Waals surface area contributed by atoms with Crippen molar-refractivity contribution in [1.82, 2.24) is 4.98 Å². The molecule has 0 radical (unpaired) electrons. The summed E-state index contributed by atoms with van der Waals surface area (Å²) in [7, 11) is 0. The van der Waals surface area contributed by atoms with Crippen LogP contribution in [-0.4, -0.2) is 16.8 Å². The topological polar surface area (TPSA) is 71.1 Å². The van der Waals surface area contributed by atoms with Crippen LogP contribution in [0.25, 0.3) is 0 Å². The Bertz CT molecular complexity index is 926. The Morgan fingerprint density at radius 2 is 1.88 bits per heavy atom. The van der Waals surface area contributed by atoms with Gasteiger partial charge in [0.2, 0.25) is 0 Å². The average molecular weight is 355 g/mol. The van der Waals surface area contributed by atoms with Crippen molar-refractivity contribution in [3.8, 4) is 0 Å². The minimum atomic E-state index is -0.686. The molecule has 0 aliphatic carbocycles. The number of hydrogen-bond donors (Lipinski definition) is 2. The van der Waals surface area contributed by atoms with Crippen molar-refractivity contribution in [1.29, 1.82) is 0 Å². The highest BCUT2D eigenvalue weighted by molar-refractivity contribution is 7.13. The number of anilines is 2. The molecule has 25 heavy (non-hydrogen) atoms. The minimum absolute atomic E-state index is 0.0130. The van der Waals surface area contributed by atoms with E-state index >= 15 is 0 Å². The lowest BCUT2D eigenvalue weighted by Crippen LogP contribution is -2.16. The maximum atomic E-state index is 14.3. The van der Waals surface area contributed by atoms with E-state index in [0.717, 1.165) is 11.6 Å². The van der Waals surface area contributed by atoms with Crippen LogP contribution >= 0.6 is 11.3 Å². The van der Waals surface area contributed by atoms with Gasteiger partial charge in [0.1, 0.15) is 5.82 Å². The molecule has 2 amide bonds. The third-order valence-electron chi connectivity index (χ3n) is 3.52. The summed E-state index contributed by atoms with van der Waals surface area (Å²) in [6.07, 6.45) is 1.56. The van der Waals surface area contributed by atoms with Gasteiger partial charge in [0.15, 0.2) is 5.13 Å². The first kappa shape index (κ1) is 16.8. The molecule has 1 heterocycles. The van der Waals surface area contributed by atoms with E-state index < -0.39 is 17.6 Å². The van der Waals surface area contributed by atoms with Gasteiger partial charge in [-0.15, -0.1) is 11.3 Å². The lowest BCUT2D eigenvalue weighted by atomic mass is 10.1. The van der Waals surface area contributed by atoms with Gasteiger partial charge in [-0.05, 0) is 36.8 Å². The van der Waals surface area contributed by atoms with Gasteiger partial charge >= 0.3 is 0 Å². The van der Waals surface area contributed by atoms with E-state index in [2.05, 4.69) is 15.6 Å². The normalized spacial score (nSPS) is 10.3. The Kier molecular flexibility index (Phi) is 4.85. The molecule has 126 valence electrons. The Labute approximate surface area is 147 Å². The van der Waals surface area contributed by atoms with Crippen molar-refractivity contribution in [2.75, 3.05) is 10.6 Å². The molecule has 7 heteroatoms. The van der Waals surface area contributed by atoms with Crippen molar-refractivity contribution in [3.05, 3.63) is 76.5 Å². The molecular formula is C18H14FN3O2S. The maximum Gasteiger partial charge on any atom is 0.257 e. The molecule has 0 atom stereocenters. The van der Waals surface area contributed by atoms with Crippen LogP contribution in [0, 0.1) is 12.7 Å². The van der Waals surface area contributed by atoms with Crippen LogP contribution in [0.1, 0.15) is 26.3 Å². The van der Waals surface area contributed by atoms with Crippen LogP contribution in [0.5, 0.6) is 0 Å². The molecule has 0 saturated heterocycles. The SMILES string of the molecule is Cc1ccccc1C(=O)Nc1ccc(C(=O)Nc2nccs2)cc1F. The average Bonchev–Trinajstić information content (AvgIpc) is 3.10. The zero-order valence-electron chi connectivity index (χ0n) is 13.2. The molecule has 0 unspecified atom stereocenters. The Morgan fingerprint density at radius 3 is 2.56 bits per heavy atom. The predicted molar refractivity (Wildman–Crippen MR) is 95.6 cm³/mol. The van der Waals surface area contributed by atoms with Crippen molar-refractivity contribution in [2.45, 2.75) is 6.92 Å². The number of thiazole rings is 1. The maximum absolute atomic E-state index is 14.3. The molecule has 5 nitrogen and oxygen atoms in total. The van der Waals surface area contributed by atoms with Crippen LogP contribution in [0.15, 0.2) is 54.0 Å². The monoisotopic (exact) mass is 355 g/mol. The predicted octanol–water partition coefficient (Wildman–Crippen LogP) is 4.10. The van der Waals surface area contributed by atoms with Crippen LogP contribution in [-0.2, 0) is 0 Å². The van der Waals surface area contributed by atoms with E-state index in [-0.39, 0.29) is 11.3 Å². The van der Waals surface area contributed by atoms with Crippen molar-refractivity contribution < 1.29 is 14.0 Å². The number of carbonyl (C=O) groups excluding carboxylic acids is 2. The standard InChI is InChI=1S/C18H14FN3O2S/c1-11-4-2-3-5-13(11)17(24)21-15-7-6-12(10-14(15)19)16(23)22-18-20-8-9-25-18/h2-10H,1H3,(H,21,24)(H,20,22,23). The summed E-state index contributed by atoms with van der Waals surface area (Å²) in [5, 5.41) is 7.25. The largest absolute Gasteiger partial charge is 0.319 e. The van der Waals surface area contributed by atoms with E-state index in [4.69, 9.17) is 0 Å². The molecule has 2 N–H and O–H groups in total. The van der Waals surface area contributed by atoms with Crippen molar-refractivity contribution in [3.63, 3.8) is 0 Å². The second-order valence-corrected chi connectivity index (χ2v) is 6.15. The van der Waals surface area contributed by atoms with Crippen LogP contribution in [0.2, 0.25) is 0 Å². The molecule has 2 aromatic carbocycles. The second-order valence-electron chi connectivity index (χ2n) is 5.26. The zero-order chi connectivity index (χ0) is 17.8. The number of carbonyl (C=O) groups is 2. The summed E-state index contributed by atoms with van der Waals surface area (Å²) in [6.45, 7) is 1.80. The van der Waals surface area contributed by atoms with Gasteiger partial charge in [-0.1, -0.05) is 18.2 Å². The number of rotatable bonds is 4. The Balaban J connectivity index is 1.75. The van der Waals surface area contributed by atoms with Crippen LogP contribution < -0.4 is 10.6 Å². The highest BCUT2D eigenvalue weighted by atomic mass is 32.1. The van der Waals surface area contributed by atoms with Gasteiger partial charge in [0, 0.05) is 22.7 Å². The van der Waals surface area contributed by atoms with Crippen LogP contribution in [0.3, 0.4) is 0 Å². The molecule has 0 spiro atoms. The number of halogens is 1. The first-order chi connectivity index (χ1) is 12.0. The molecule has 0 saturated carbocycles. The number of amides is 2.